The van der Waals surface area contributed by atoms with Crippen LogP contribution in [-0.4, -0.2) is 67.1 Å². The summed E-state index contributed by atoms with van der Waals surface area (Å²) in [6, 6.07) is 23.1. The van der Waals surface area contributed by atoms with Crippen molar-refractivity contribution in [1.29, 1.82) is 0 Å². The monoisotopic (exact) mass is 515 g/mol. The minimum atomic E-state index is -0.916. The zero-order valence-electron chi connectivity index (χ0n) is 21.1. The van der Waals surface area contributed by atoms with Crippen molar-refractivity contribution in [3.63, 3.8) is 0 Å². The van der Waals surface area contributed by atoms with Gasteiger partial charge in [0.2, 0.25) is 0 Å². The van der Waals surface area contributed by atoms with Crippen molar-refractivity contribution in [2.24, 2.45) is 0 Å². The molecule has 0 bridgehead atoms. The van der Waals surface area contributed by atoms with Crippen LogP contribution < -0.4 is 4.74 Å². The van der Waals surface area contributed by atoms with Crippen LogP contribution in [0, 0.1) is 0 Å². The Bertz CT molecular complexity index is 1430. The molecule has 0 saturated carbocycles. The Kier molecular flexibility index (Phi) is 6.95. The maximum absolute atomic E-state index is 13.4. The molecule has 7 nitrogen and oxygen atoms in total. The van der Waals surface area contributed by atoms with Gasteiger partial charge < -0.3 is 14.4 Å². The molecule has 0 aliphatic carbocycles. The first kappa shape index (κ1) is 24.9. The molecule has 1 atom stereocenters. The van der Waals surface area contributed by atoms with Crippen LogP contribution in [0.5, 0.6) is 5.75 Å². The van der Waals surface area contributed by atoms with E-state index in [1.807, 2.05) is 84.6 Å². The predicted molar refractivity (Wildman–Crippen MR) is 145 cm³/mol. The van der Waals surface area contributed by atoms with Crippen molar-refractivity contribution >= 4 is 33.4 Å². The second-order valence-electron chi connectivity index (χ2n) is 9.14. The number of nitrogens with zero attached hydrogens (tertiary/aromatic N) is 3. The summed E-state index contributed by atoms with van der Waals surface area (Å²) in [5, 5.41) is 0.861. The zero-order valence-corrected chi connectivity index (χ0v) is 22.0. The molecule has 4 aromatic rings. The SMILES string of the molecule is COC(=O)C(C)(c1ccccc1)N1CCN(C(=O)c2cccc(-c3nc4ccc(OC)cc4s3)c2)CC1. The molecular weight excluding hydrogens is 486 g/mol. The summed E-state index contributed by atoms with van der Waals surface area (Å²) in [6.45, 7) is 4.05. The van der Waals surface area contributed by atoms with E-state index < -0.39 is 5.54 Å². The van der Waals surface area contributed by atoms with E-state index in [0.717, 1.165) is 32.1 Å². The third kappa shape index (κ3) is 4.70. The third-order valence-corrected chi connectivity index (χ3v) is 8.14. The average molecular weight is 516 g/mol. The van der Waals surface area contributed by atoms with E-state index >= 15 is 0 Å². The fourth-order valence-corrected chi connectivity index (χ4v) is 5.86. The molecule has 8 heteroatoms. The lowest BCUT2D eigenvalue weighted by atomic mass is 9.89. The quantitative estimate of drug-likeness (QED) is 0.343. The van der Waals surface area contributed by atoms with Gasteiger partial charge in [0.15, 0.2) is 0 Å². The van der Waals surface area contributed by atoms with Crippen molar-refractivity contribution in [2.75, 3.05) is 40.4 Å². The largest absolute Gasteiger partial charge is 0.497 e. The van der Waals surface area contributed by atoms with Crippen LogP contribution in [0.3, 0.4) is 0 Å². The normalized spacial score (nSPS) is 15.8. The molecule has 0 N–H and O–H groups in total. The maximum atomic E-state index is 13.4. The minimum Gasteiger partial charge on any atom is -0.497 e. The van der Waals surface area contributed by atoms with E-state index in [0.29, 0.717) is 31.7 Å². The Morgan fingerprint density at radius 2 is 1.68 bits per heavy atom. The van der Waals surface area contributed by atoms with Crippen molar-refractivity contribution in [3.8, 4) is 16.3 Å². The van der Waals surface area contributed by atoms with Crippen molar-refractivity contribution < 1.29 is 19.1 Å². The number of methoxy groups -OCH3 is 2. The highest BCUT2D eigenvalue weighted by Crippen LogP contribution is 2.34. The molecule has 5 rings (SSSR count). The van der Waals surface area contributed by atoms with E-state index in [2.05, 4.69) is 4.90 Å². The van der Waals surface area contributed by atoms with Gasteiger partial charge in [0, 0.05) is 37.3 Å². The van der Waals surface area contributed by atoms with Gasteiger partial charge >= 0.3 is 5.97 Å². The molecule has 37 heavy (non-hydrogen) atoms. The minimum absolute atomic E-state index is 0.0243. The number of aromatic nitrogens is 1. The smallest absolute Gasteiger partial charge is 0.330 e. The van der Waals surface area contributed by atoms with Crippen LogP contribution in [0.1, 0.15) is 22.8 Å². The number of thiazole rings is 1. The fraction of sp³-hybridized carbons (Fsp3) is 0.276. The van der Waals surface area contributed by atoms with E-state index in [4.69, 9.17) is 14.5 Å². The Balaban J connectivity index is 1.33. The summed E-state index contributed by atoms with van der Waals surface area (Å²) in [5.41, 5.74) is 2.40. The Morgan fingerprint density at radius 3 is 2.38 bits per heavy atom. The highest BCUT2D eigenvalue weighted by molar-refractivity contribution is 7.21. The van der Waals surface area contributed by atoms with Crippen LogP contribution in [0.25, 0.3) is 20.8 Å². The lowest BCUT2D eigenvalue weighted by molar-refractivity contribution is -0.156. The first-order valence-corrected chi connectivity index (χ1v) is 13.0. The molecule has 0 radical (unpaired) electrons. The van der Waals surface area contributed by atoms with Crippen LogP contribution in [0.2, 0.25) is 0 Å². The molecule has 2 heterocycles. The average Bonchev–Trinajstić information content (AvgIpc) is 3.40. The number of carbonyl (C=O) groups is 2. The topological polar surface area (TPSA) is 72.0 Å². The summed E-state index contributed by atoms with van der Waals surface area (Å²) in [4.78, 5) is 35.0. The molecular formula is C29H29N3O4S. The van der Waals surface area contributed by atoms with Gasteiger partial charge in [-0.2, -0.15) is 0 Å². The highest BCUT2D eigenvalue weighted by atomic mass is 32.1. The molecule has 1 amide bonds. The Hall–Kier alpha value is -3.75. The van der Waals surface area contributed by atoms with Crippen LogP contribution >= 0.6 is 11.3 Å². The molecule has 1 unspecified atom stereocenters. The van der Waals surface area contributed by atoms with Crippen molar-refractivity contribution in [1.82, 2.24) is 14.8 Å². The number of hydrogen-bond donors (Lipinski definition) is 0. The summed E-state index contributed by atoms with van der Waals surface area (Å²) >= 11 is 1.58. The molecule has 1 saturated heterocycles. The summed E-state index contributed by atoms with van der Waals surface area (Å²) in [5.74, 6) is 0.463. The summed E-state index contributed by atoms with van der Waals surface area (Å²) < 4.78 is 11.5. The first-order chi connectivity index (χ1) is 17.9. The molecule has 1 aromatic heterocycles. The number of fused-ring (bicyclic) bond motifs is 1. The van der Waals surface area contributed by atoms with Crippen LogP contribution in [0.4, 0.5) is 0 Å². The summed E-state index contributed by atoms with van der Waals surface area (Å²) in [7, 11) is 3.06. The number of benzene rings is 3. The molecule has 1 aliphatic heterocycles. The van der Waals surface area contributed by atoms with Gasteiger partial charge in [0.05, 0.1) is 24.4 Å². The Morgan fingerprint density at radius 1 is 0.919 bits per heavy atom. The summed E-state index contributed by atoms with van der Waals surface area (Å²) in [6.07, 6.45) is 0. The predicted octanol–water partition coefficient (Wildman–Crippen LogP) is 4.82. The lowest BCUT2D eigenvalue weighted by Gasteiger charge is -2.44. The number of carbonyl (C=O) groups excluding carboxylic acids is 2. The fourth-order valence-electron chi connectivity index (χ4n) is 4.87. The van der Waals surface area contributed by atoms with E-state index in [-0.39, 0.29) is 11.9 Å². The van der Waals surface area contributed by atoms with Gasteiger partial charge in [0.1, 0.15) is 16.3 Å². The zero-order chi connectivity index (χ0) is 26.0. The number of amides is 1. The molecule has 1 aliphatic rings. The Labute approximate surface area is 220 Å². The van der Waals surface area contributed by atoms with Crippen molar-refractivity contribution in [3.05, 3.63) is 83.9 Å². The molecule has 190 valence electrons. The van der Waals surface area contributed by atoms with E-state index in [1.54, 1.807) is 18.4 Å². The van der Waals surface area contributed by atoms with Gasteiger partial charge in [0.25, 0.3) is 5.91 Å². The van der Waals surface area contributed by atoms with E-state index in [1.165, 1.54) is 7.11 Å². The number of piperazine rings is 1. The van der Waals surface area contributed by atoms with E-state index in [9.17, 15) is 9.59 Å². The van der Waals surface area contributed by atoms with Gasteiger partial charge in [-0.1, -0.05) is 42.5 Å². The second-order valence-corrected chi connectivity index (χ2v) is 10.2. The maximum Gasteiger partial charge on any atom is 0.330 e. The molecule has 0 spiro atoms. The van der Waals surface area contributed by atoms with Gasteiger partial charge in [-0.15, -0.1) is 11.3 Å². The van der Waals surface area contributed by atoms with Gasteiger partial charge in [-0.3, -0.25) is 9.69 Å². The molecule has 3 aromatic carbocycles. The van der Waals surface area contributed by atoms with Gasteiger partial charge in [-0.05, 0) is 42.8 Å². The number of ether oxygens (including phenoxy) is 2. The highest BCUT2D eigenvalue weighted by Gasteiger charge is 2.43. The number of rotatable bonds is 6. The van der Waals surface area contributed by atoms with Gasteiger partial charge in [-0.25, -0.2) is 9.78 Å². The standard InChI is InChI=1S/C29H29N3O4S/c1-29(28(34)36-3,22-10-5-4-6-11-22)32-16-14-31(15-17-32)27(33)21-9-7-8-20(18-21)26-30-24-13-12-23(35-2)19-25(24)37-26/h4-13,18-19H,14-17H2,1-3H3. The lowest BCUT2D eigenvalue weighted by Crippen LogP contribution is -2.58. The van der Waals surface area contributed by atoms with Crippen LogP contribution in [0.15, 0.2) is 72.8 Å². The first-order valence-electron chi connectivity index (χ1n) is 12.2. The van der Waals surface area contributed by atoms with Crippen molar-refractivity contribution in [2.45, 2.75) is 12.5 Å². The number of esters is 1. The molecule has 1 fully saturated rings. The van der Waals surface area contributed by atoms with Crippen LogP contribution in [-0.2, 0) is 15.1 Å². The third-order valence-electron chi connectivity index (χ3n) is 7.07. The second kappa shape index (κ2) is 10.3. The number of hydrogen-bond acceptors (Lipinski definition) is 7.